The number of nitrogens with zero attached hydrogens (tertiary/aromatic N) is 2. The van der Waals surface area contributed by atoms with Crippen LogP contribution in [-0.2, 0) is 4.74 Å². The highest BCUT2D eigenvalue weighted by atomic mass is 16.6. The number of hydrogen-bond acceptors (Lipinski definition) is 5. The third kappa shape index (κ3) is 2.45. The Balaban J connectivity index is 1.85. The Morgan fingerprint density at radius 3 is 2.85 bits per heavy atom. The lowest BCUT2D eigenvalue weighted by molar-refractivity contribution is -0.384. The molecule has 1 aromatic carbocycles. The molecule has 1 saturated carbocycles. The van der Waals surface area contributed by atoms with Crippen LogP contribution < -0.4 is 5.32 Å². The van der Waals surface area contributed by atoms with Gasteiger partial charge in [-0.2, -0.15) is 5.26 Å². The molecule has 104 valence electrons. The van der Waals surface area contributed by atoms with E-state index in [-0.39, 0.29) is 17.8 Å². The minimum Gasteiger partial charge on any atom is -0.376 e. The Bertz CT molecular complexity index is 578. The number of ether oxygens (including phenoxy) is 1. The zero-order chi connectivity index (χ0) is 14.1. The van der Waals surface area contributed by atoms with E-state index in [1.165, 1.54) is 25.0 Å². The summed E-state index contributed by atoms with van der Waals surface area (Å²) in [7, 11) is 0. The number of nitriles is 1. The van der Waals surface area contributed by atoms with Crippen LogP contribution in [0.2, 0.25) is 0 Å². The fraction of sp³-hybridized carbons (Fsp3) is 0.500. The van der Waals surface area contributed by atoms with Crippen molar-refractivity contribution in [3.05, 3.63) is 33.9 Å². The Kier molecular flexibility index (Phi) is 3.28. The van der Waals surface area contributed by atoms with E-state index in [4.69, 9.17) is 10.00 Å². The summed E-state index contributed by atoms with van der Waals surface area (Å²) in [5.74, 6) is 0.577. The van der Waals surface area contributed by atoms with E-state index < -0.39 is 4.92 Å². The third-order valence-electron chi connectivity index (χ3n) is 3.89. The molecule has 2 atom stereocenters. The molecule has 20 heavy (non-hydrogen) atoms. The molecule has 0 spiro atoms. The maximum absolute atomic E-state index is 11.1. The van der Waals surface area contributed by atoms with Crippen LogP contribution in [0.25, 0.3) is 0 Å². The summed E-state index contributed by atoms with van der Waals surface area (Å²) in [6.07, 6.45) is 3.32. The Hall–Kier alpha value is -2.13. The molecule has 1 aromatic rings. The van der Waals surface area contributed by atoms with Crippen molar-refractivity contribution < 1.29 is 9.66 Å². The van der Waals surface area contributed by atoms with Gasteiger partial charge >= 0.3 is 0 Å². The third-order valence-corrected chi connectivity index (χ3v) is 3.89. The van der Waals surface area contributed by atoms with E-state index in [0.29, 0.717) is 23.8 Å². The first-order valence-electron chi connectivity index (χ1n) is 6.75. The first kappa shape index (κ1) is 12.9. The van der Waals surface area contributed by atoms with E-state index in [9.17, 15) is 10.1 Å². The number of nitro groups is 1. The molecule has 2 unspecified atom stereocenters. The van der Waals surface area contributed by atoms with Crippen molar-refractivity contribution in [3.63, 3.8) is 0 Å². The lowest BCUT2D eigenvalue weighted by atomic mass is 10.1. The second-order valence-corrected chi connectivity index (χ2v) is 5.31. The largest absolute Gasteiger partial charge is 0.376 e. The van der Waals surface area contributed by atoms with Gasteiger partial charge in [-0.05, 0) is 37.3 Å². The molecule has 1 aliphatic carbocycles. The molecule has 1 saturated heterocycles. The standard InChI is InChI=1S/C14H15N3O3/c15-8-9-1-4-13(17(18)19)12(7-9)16-11-5-6-20-14(11)10-2-3-10/h1,4,7,10-11,14,16H,2-3,5-6H2. The SMILES string of the molecule is N#Cc1ccc([N+](=O)[O-])c(NC2CCOC2C2CC2)c1. The lowest BCUT2D eigenvalue weighted by Gasteiger charge is -2.20. The summed E-state index contributed by atoms with van der Waals surface area (Å²) < 4.78 is 5.72. The quantitative estimate of drug-likeness (QED) is 0.672. The molecule has 2 fully saturated rings. The minimum absolute atomic E-state index is 0.00504. The molecule has 0 amide bonds. The summed E-state index contributed by atoms with van der Waals surface area (Å²) >= 11 is 0. The summed E-state index contributed by atoms with van der Waals surface area (Å²) in [6, 6.07) is 6.49. The topological polar surface area (TPSA) is 88.2 Å². The van der Waals surface area contributed by atoms with Crippen LogP contribution in [0.5, 0.6) is 0 Å². The second-order valence-electron chi connectivity index (χ2n) is 5.31. The van der Waals surface area contributed by atoms with Gasteiger partial charge < -0.3 is 10.1 Å². The number of anilines is 1. The van der Waals surface area contributed by atoms with Crippen molar-refractivity contribution in [1.29, 1.82) is 5.26 Å². The van der Waals surface area contributed by atoms with Crippen molar-refractivity contribution in [1.82, 2.24) is 0 Å². The highest BCUT2D eigenvalue weighted by molar-refractivity contribution is 5.65. The second kappa shape index (κ2) is 5.10. The van der Waals surface area contributed by atoms with Crippen LogP contribution in [0.15, 0.2) is 18.2 Å². The predicted molar refractivity (Wildman–Crippen MR) is 72.3 cm³/mol. The molecule has 0 radical (unpaired) electrons. The van der Waals surface area contributed by atoms with Crippen molar-refractivity contribution in [2.24, 2.45) is 5.92 Å². The Morgan fingerprint density at radius 2 is 2.20 bits per heavy atom. The van der Waals surface area contributed by atoms with Gasteiger partial charge in [0.2, 0.25) is 0 Å². The first-order valence-corrected chi connectivity index (χ1v) is 6.75. The number of rotatable bonds is 4. The smallest absolute Gasteiger partial charge is 0.292 e. The molecule has 1 heterocycles. The van der Waals surface area contributed by atoms with E-state index in [0.717, 1.165) is 6.42 Å². The Labute approximate surface area is 116 Å². The van der Waals surface area contributed by atoms with Gasteiger partial charge in [0.05, 0.1) is 28.7 Å². The van der Waals surface area contributed by atoms with E-state index >= 15 is 0 Å². The highest BCUT2D eigenvalue weighted by Gasteiger charge is 2.41. The molecular formula is C14H15N3O3. The monoisotopic (exact) mass is 273 g/mol. The average Bonchev–Trinajstić information content (AvgIpc) is 3.19. The number of nitrogens with one attached hydrogen (secondary N) is 1. The Morgan fingerprint density at radius 1 is 1.40 bits per heavy atom. The van der Waals surface area contributed by atoms with Crippen molar-refractivity contribution >= 4 is 11.4 Å². The van der Waals surface area contributed by atoms with Gasteiger partial charge in [0.15, 0.2) is 0 Å². The van der Waals surface area contributed by atoms with Crippen LogP contribution in [0.1, 0.15) is 24.8 Å². The van der Waals surface area contributed by atoms with Gasteiger partial charge in [0.1, 0.15) is 5.69 Å². The van der Waals surface area contributed by atoms with Gasteiger partial charge in [-0.15, -0.1) is 0 Å². The molecule has 2 aliphatic rings. The summed E-state index contributed by atoms with van der Waals surface area (Å²) in [4.78, 5) is 10.6. The molecular weight excluding hydrogens is 258 g/mol. The fourth-order valence-electron chi connectivity index (χ4n) is 2.74. The molecule has 0 aromatic heterocycles. The number of nitro benzene ring substituents is 1. The van der Waals surface area contributed by atoms with Crippen LogP contribution in [0.3, 0.4) is 0 Å². The number of benzene rings is 1. The van der Waals surface area contributed by atoms with Gasteiger partial charge in [0, 0.05) is 12.7 Å². The van der Waals surface area contributed by atoms with E-state index in [1.807, 2.05) is 6.07 Å². The van der Waals surface area contributed by atoms with Gasteiger partial charge in [-0.1, -0.05) is 0 Å². The summed E-state index contributed by atoms with van der Waals surface area (Å²) in [5, 5.41) is 23.2. The minimum atomic E-state index is -0.425. The van der Waals surface area contributed by atoms with E-state index in [2.05, 4.69) is 5.32 Å². The van der Waals surface area contributed by atoms with Gasteiger partial charge in [-0.25, -0.2) is 0 Å². The van der Waals surface area contributed by atoms with Crippen LogP contribution >= 0.6 is 0 Å². The van der Waals surface area contributed by atoms with Crippen LogP contribution in [-0.4, -0.2) is 23.7 Å². The lowest BCUT2D eigenvalue weighted by Crippen LogP contribution is -2.31. The van der Waals surface area contributed by atoms with Crippen molar-refractivity contribution in [2.75, 3.05) is 11.9 Å². The molecule has 1 N–H and O–H groups in total. The molecule has 6 nitrogen and oxygen atoms in total. The van der Waals surface area contributed by atoms with Crippen molar-refractivity contribution in [3.8, 4) is 6.07 Å². The average molecular weight is 273 g/mol. The highest BCUT2D eigenvalue weighted by Crippen LogP contribution is 2.40. The maximum atomic E-state index is 11.1. The van der Waals surface area contributed by atoms with Crippen LogP contribution in [0, 0.1) is 27.4 Å². The zero-order valence-electron chi connectivity index (χ0n) is 10.9. The van der Waals surface area contributed by atoms with Crippen molar-refractivity contribution in [2.45, 2.75) is 31.4 Å². The normalized spacial score (nSPS) is 25.1. The molecule has 1 aliphatic heterocycles. The number of hydrogen-bond donors (Lipinski definition) is 1. The summed E-state index contributed by atoms with van der Waals surface area (Å²) in [6.45, 7) is 0.685. The van der Waals surface area contributed by atoms with E-state index in [1.54, 1.807) is 6.07 Å². The van der Waals surface area contributed by atoms with Crippen LogP contribution in [0.4, 0.5) is 11.4 Å². The summed E-state index contributed by atoms with van der Waals surface area (Å²) in [5.41, 5.74) is 0.834. The zero-order valence-corrected chi connectivity index (χ0v) is 10.9. The predicted octanol–water partition coefficient (Wildman–Crippen LogP) is 2.45. The van der Waals surface area contributed by atoms with Gasteiger partial charge in [-0.3, -0.25) is 10.1 Å². The molecule has 3 rings (SSSR count). The molecule has 0 bridgehead atoms. The van der Waals surface area contributed by atoms with Gasteiger partial charge in [0.25, 0.3) is 5.69 Å². The maximum Gasteiger partial charge on any atom is 0.292 e. The molecule has 6 heteroatoms. The fourth-order valence-corrected chi connectivity index (χ4v) is 2.74. The first-order chi connectivity index (χ1) is 9.69.